The van der Waals surface area contributed by atoms with Crippen molar-refractivity contribution in [3.63, 3.8) is 0 Å². The van der Waals surface area contributed by atoms with Gasteiger partial charge in [0.05, 0.1) is 10.7 Å². The summed E-state index contributed by atoms with van der Waals surface area (Å²) in [5, 5.41) is 3.37. The molecule has 0 aromatic carbocycles. The molecule has 0 spiro atoms. The fourth-order valence-corrected chi connectivity index (χ4v) is 2.21. The summed E-state index contributed by atoms with van der Waals surface area (Å²) < 4.78 is 19.0. The number of ether oxygens (including phenoxy) is 1. The van der Waals surface area contributed by atoms with Crippen molar-refractivity contribution in [2.45, 2.75) is 31.9 Å². The number of halogens is 2. The highest BCUT2D eigenvalue weighted by molar-refractivity contribution is 9.10. The van der Waals surface area contributed by atoms with Crippen molar-refractivity contribution in [1.29, 1.82) is 0 Å². The molecule has 0 saturated carbocycles. The van der Waals surface area contributed by atoms with Crippen LogP contribution in [0, 0.1) is 5.95 Å². The first-order valence-corrected chi connectivity index (χ1v) is 6.17. The second-order valence-corrected chi connectivity index (χ2v) is 4.82. The monoisotopic (exact) mass is 288 g/mol. The number of rotatable bonds is 3. The van der Waals surface area contributed by atoms with E-state index in [9.17, 15) is 4.39 Å². The van der Waals surface area contributed by atoms with E-state index in [1.807, 2.05) is 6.92 Å². The molecule has 0 amide bonds. The molecule has 0 radical (unpaired) electrons. The van der Waals surface area contributed by atoms with E-state index in [0.29, 0.717) is 16.3 Å². The van der Waals surface area contributed by atoms with Crippen LogP contribution in [0.5, 0.6) is 5.75 Å². The Bertz CT molecular complexity index is 369. The number of aromatic nitrogens is 1. The van der Waals surface area contributed by atoms with Crippen LogP contribution in [0.1, 0.15) is 19.8 Å². The average molecular weight is 289 g/mol. The lowest BCUT2D eigenvalue weighted by Gasteiger charge is -2.20. The maximum atomic E-state index is 12.9. The molecule has 0 bridgehead atoms. The SMILES string of the molecule is CC(Oc1cnc(F)c(Br)c1)[C@@H]1CCCN1. The van der Waals surface area contributed by atoms with Gasteiger partial charge in [0.1, 0.15) is 11.9 Å². The maximum absolute atomic E-state index is 12.9. The van der Waals surface area contributed by atoms with Crippen LogP contribution in [0.4, 0.5) is 4.39 Å². The summed E-state index contributed by atoms with van der Waals surface area (Å²) in [4.78, 5) is 3.60. The summed E-state index contributed by atoms with van der Waals surface area (Å²) in [7, 11) is 0. The van der Waals surface area contributed by atoms with E-state index in [0.717, 1.165) is 13.0 Å². The van der Waals surface area contributed by atoms with Crippen molar-refractivity contribution < 1.29 is 9.13 Å². The predicted octanol–water partition coefficient (Wildman–Crippen LogP) is 2.50. The molecule has 16 heavy (non-hydrogen) atoms. The van der Waals surface area contributed by atoms with Gasteiger partial charge in [-0.2, -0.15) is 4.39 Å². The van der Waals surface area contributed by atoms with E-state index >= 15 is 0 Å². The Kier molecular flexibility index (Phi) is 3.76. The zero-order valence-corrected chi connectivity index (χ0v) is 10.6. The van der Waals surface area contributed by atoms with Gasteiger partial charge in [-0.25, -0.2) is 4.98 Å². The minimum Gasteiger partial charge on any atom is -0.487 e. The quantitative estimate of drug-likeness (QED) is 0.868. The van der Waals surface area contributed by atoms with Gasteiger partial charge in [-0.3, -0.25) is 0 Å². The topological polar surface area (TPSA) is 34.1 Å². The number of hydrogen-bond acceptors (Lipinski definition) is 3. The van der Waals surface area contributed by atoms with Crippen molar-refractivity contribution in [2.75, 3.05) is 6.54 Å². The van der Waals surface area contributed by atoms with Crippen molar-refractivity contribution in [1.82, 2.24) is 10.3 Å². The van der Waals surface area contributed by atoms with Gasteiger partial charge in [-0.05, 0) is 42.2 Å². The summed E-state index contributed by atoms with van der Waals surface area (Å²) in [6.45, 7) is 3.06. The molecule has 1 unspecified atom stereocenters. The predicted molar refractivity (Wildman–Crippen MR) is 63.0 cm³/mol. The number of hydrogen-bond donors (Lipinski definition) is 1. The van der Waals surface area contributed by atoms with Gasteiger partial charge in [0.25, 0.3) is 0 Å². The zero-order chi connectivity index (χ0) is 11.5. The van der Waals surface area contributed by atoms with E-state index in [-0.39, 0.29) is 6.10 Å². The third kappa shape index (κ3) is 2.71. The molecular formula is C11H14BrFN2O. The summed E-state index contributed by atoms with van der Waals surface area (Å²) in [5.74, 6) is 0.0773. The van der Waals surface area contributed by atoms with Crippen LogP contribution in [0.3, 0.4) is 0 Å². The Labute approximate surface area is 103 Å². The van der Waals surface area contributed by atoms with Crippen LogP contribution >= 0.6 is 15.9 Å². The standard InChI is InChI=1S/C11H14BrFN2O/c1-7(10-3-2-4-14-10)16-8-5-9(12)11(13)15-6-8/h5-7,10,14H,2-4H2,1H3/t7?,10-/m0/s1. The highest BCUT2D eigenvalue weighted by atomic mass is 79.9. The molecule has 2 heterocycles. The average Bonchev–Trinajstić information content (AvgIpc) is 2.77. The van der Waals surface area contributed by atoms with Gasteiger partial charge >= 0.3 is 0 Å². The molecule has 2 rings (SSSR count). The zero-order valence-electron chi connectivity index (χ0n) is 9.04. The van der Waals surface area contributed by atoms with Crippen molar-refractivity contribution in [2.24, 2.45) is 0 Å². The van der Waals surface area contributed by atoms with Crippen LogP contribution in [0.25, 0.3) is 0 Å². The first-order valence-electron chi connectivity index (χ1n) is 5.38. The molecule has 1 fully saturated rings. The lowest BCUT2D eigenvalue weighted by Crippen LogP contribution is -2.36. The highest BCUT2D eigenvalue weighted by Crippen LogP contribution is 2.22. The Morgan fingerprint density at radius 2 is 2.50 bits per heavy atom. The Morgan fingerprint density at radius 1 is 1.69 bits per heavy atom. The molecule has 1 saturated heterocycles. The molecule has 1 aliphatic rings. The molecule has 1 aromatic heterocycles. The highest BCUT2D eigenvalue weighted by Gasteiger charge is 2.22. The third-order valence-electron chi connectivity index (χ3n) is 2.76. The summed E-state index contributed by atoms with van der Waals surface area (Å²) in [6, 6.07) is 1.98. The molecule has 88 valence electrons. The smallest absolute Gasteiger partial charge is 0.227 e. The van der Waals surface area contributed by atoms with Crippen LogP contribution in [-0.2, 0) is 0 Å². The van der Waals surface area contributed by atoms with Gasteiger partial charge in [-0.1, -0.05) is 0 Å². The number of nitrogens with zero attached hydrogens (tertiary/aromatic N) is 1. The van der Waals surface area contributed by atoms with Gasteiger partial charge < -0.3 is 10.1 Å². The van der Waals surface area contributed by atoms with Gasteiger partial charge in [0.15, 0.2) is 0 Å². The van der Waals surface area contributed by atoms with Gasteiger partial charge in [-0.15, -0.1) is 0 Å². The molecule has 5 heteroatoms. The van der Waals surface area contributed by atoms with Crippen molar-refractivity contribution >= 4 is 15.9 Å². The van der Waals surface area contributed by atoms with E-state index in [2.05, 4.69) is 26.2 Å². The van der Waals surface area contributed by atoms with E-state index < -0.39 is 5.95 Å². The summed E-state index contributed by atoms with van der Waals surface area (Å²) in [5.41, 5.74) is 0. The molecule has 1 aliphatic heterocycles. The van der Waals surface area contributed by atoms with Gasteiger partial charge in [0.2, 0.25) is 5.95 Å². The van der Waals surface area contributed by atoms with E-state index in [1.54, 1.807) is 6.07 Å². The molecule has 1 aromatic rings. The molecule has 0 aliphatic carbocycles. The fraction of sp³-hybridized carbons (Fsp3) is 0.545. The Hall–Kier alpha value is -0.680. The molecule has 1 N–H and O–H groups in total. The molecule has 2 atom stereocenters. The van der Waals surface area contributed by atoms with E-state index in [4.69, 9.17) is 4.74 Å². The lowest BCUT2D eigenvalue weighted by molar-refractivity contribution is 0.178. The normalized spacial score (nSPS) is 22.1. The Balaban J connectivity index is 1.99. The minimum atomic E-state index is -0.515. The minimum absolute atomic E-state index is 0.0710. The first-order chi connectivity index (χ1) is 7.66. The van der Waals surface area contributed by atoms with Crippen LogP contribution in [-0.4, -0.2) is 23.7 Å². The van der Waals surface area contributed by atoms with Crippen molar-refractivity contribution in [3.05, 3.63) is 22.7 Å². The van der Waals surface area contributed by atoms with Crippen LogP contribution in [0.15, 0.2) is 16.7 Å². The number of nitrogens with one attached hydrogen (secondary N) is 1. The van der Waals surface area contributed by atoms with Crippen LogP contribution < -0.4 is 10.1 Å². The molecule has 3 nitrogen and oxygen atoms in total. The van der Waals surface area contributed by atoms with Crippen molar-refractivity contribution in [3.8, 4) is 5.75 Å². The molecular weight excluding hydrogens is 275 g/mol. The van der Waals surface area contributed by atoms with E-state index in [1.165, 1.54) is 12.6 Å². The fourth-order valence-electron chi connectivity index (χ4n) is 1.88. The van der Waals surface area contributed by atoms with Crippen LogP contribution in [0.2, 0.25) is 0 Å². The first kappa shape index (κ1) is 11.8. The summed E-state index contributed by atoms with van der Waals surface area (Å²) >= 11 is 3.09. The third-order valence-corrected chi connectivity index (χ3v) is 3.31. The second kappa shape index (κ2) is 5.10. The second-order valence-electron chi connectivity index (χ2n) is 3.97. The summed E-state index contributed by atoms with van der Waals surface area (Å²) in [6.07, 6.45) is 3.79. The number of pyridine rings is 1. The maximum Gasteiger partial charge on any atom is 0.227 e. The van der Waals surface area contributed by atoms with Gasteiger partial charge in [0, 0.05) is 12.1 Å². The lowest BCUT2D eigenvalue weighted by atomic mass is 10.1. The Morgan fingerprint density at radius 3 is 3.12 bits per heavy atom. The largest absolute Gasteiger partial charge is 0.487 e.